The van der Waals surface area contributed by atoms with Gasteiger partial charge < -0.3 is 10.3 Å². The Bertz CT molecular complexity index is 1300. The van der Waals surface area contributed by atoms with Crippen molar-refractivity contribution in [1.29, 1.82) is 0 Å². The Morgan fingerprint density at radius 1 is 1.00 bits per heavy atom. The van der Waals surface area contributed by atoms with Crippen molar-refractivity contribution in [2.75, 3.05) is 5.32 Å². The molecule has 0 aliphatic heterocycles. The minimum atomic E-state index is -4.50. The zero-order valence-corrected chi connectivity index (χ0v) is 15.6. The third-order valence-electron chi connectivity index (χ3n) is 4.66. The number of benzene rings is 2. The normalized spacial score (nSPS) is 11.7. The van der Waals surface area contributed by atoms with Crippen molar-refractivity contribution in [3.63, 3.8) is 0 Å². The lowest BCUT2D eigenvalue weighted by molar-refractivity contribution is -0.151. The van der Waals surface area contributed by atoms with Crippen LogP contribution < -0.4 is 10.9 Å². The molecule has 0 fully saturated rings. The van der Waals surface area contributed by atoms with E-state index in [-0.39, 0.29) is 12.0 Å². The number of pyridine rings is 2. The lowest BCUT2D eigenvalue weighted by atomic mass is 10.1. The van der Waals surface area contributed by atoms with Crippen LogP contribution in [0.25, 0.3) is 21.8 Å². The Morgan fingerprint density at radius 3 is 2.40 bits per heavy atom. The van der Waals surface area contributed by atoms with E-state index in [1.165, 1.54) is 0 Å². The van der Waals surface area contributed by atoms with E-state index in [9.17, 15) is 22.8 Å². The number of ketones is 1. The Morgan fingerprint density at radius 2 is 1.70 bits per heavy atom. The van der Waals surface area contributed by atoms with Gasteiger partial charge in [0.05, 0.1) is 5.69 Å². The van der Waals surface area contributed by atoms with Gasteiger partial charge in [0.1, 0.15) is 17.9 Å². The fourth-order valence-electron chi connectivity index (χ4n) is 3.38. The first-order valence-corrected chi connectivity index (χ1v) is 9.14. The molecule has 152 valence electrons. The van der Waals surface area contributed by atoms with Crippen LogP contribution in [0.2, 0.25) is 0 Å². The number of carbonyl (C=O) groups is 1. The highest BCUT2D eigenvalue weighted by Crippen LogP contribution is 2.29. The molecule has 2 N–H and O–H groups in total. The maximum atomic E-state index is 12.3. The molecule has 0 saturated carbocycles. The van der Waals surface area contributed by atoms with Gasteiger partial charge in [-0.05, 0) is 29.8 Å². The molecule has 0 aliphatic carbocycles. The van der Waals surface area contributed by atoms with Crippen LogP contribution in [0.1, 0.15) is 12.0 Å². The molecule has 8 heteroatoms. The van der Waals surface area contributed by atoms with Gasteiger partial charge in [-0.1, -0.05) is 30.3 Å². The zero-order valence-electron chi connectivity index (χ0n) is 15.6. The van der Waals surface area contributed by atoms with Gasteiger partial charge in [-0.3, -0.25) is 9.59 Å². The molecule has 0 unspecified atom stereocenters. The number of aromatic amines is 1. The SMILES string of the molecule is O=C(Cc1ccc(Nc2ccnc3[nH]c(=O)c4ccccc4c23)cc1)CC(F)(F)F. The number of Topliss-reactive ketones (excluding diaryl/α,β-unsaturated/α-hetero) is 1. The van der Waals surface area contributed by atoms with Crippen LogP contribution in [0.15, 0.2) is 65.6 Å². The second-order valence-corrected chi connectivity index (χ2v) is 6.91. The Hall–Kier alpha value is -3.68. The number of alkyl halides is 3. The zero-order chi connectivity index (χ0) is 21.3. The number of rotatable bonds is 5. The van der Waals surface area contributed by atoms with Gasteiger partial charge in [0.15, 0.2) is 0 Å². The number of carbonyl (C=O) groups excluding carboxylic acids is 1. The van der Waals surface area contributed by atoms with Crippen molar-refractivity contribution in [3.8, 4) is 0 Å². The molecule has 2 heterocycles. The number of nitrogens with zero attached hydrogens (tertiary/aromatic N) is 1. The van der Waals surface area contributed by atoms with Crippen molar-refractivity contribution in [3.05, 3.63) is 76.7 Å². The predicted octanol–water partition coefficient (Wildman–Crippen LogP) is 4.88. The highest BCUT2D eigenvalue weighted by Gasteiger charge is 2.30. The molecule has 0 amide bonds. The topological polar surface area (TPSA) is 74.8 Å². The number of H-pyrrole nitrogens is 1. The molecule has 4 aromatic rings. The summed E-state index contributed by atoms with van der Waals surface area (Å²) >= 11 is 0. The Labute approximate surface area is 168 Å². The molecule has 0 spiro atoms. The predicted molar refractivity (Wildman–Crippen MR) is 109 cm³/mol. The third kappa shape index (κ3) is 4.17. The highest BCUT2D eigenvalue weighted by atomic mass is 19.4. The smallest absolute Gasteiger partial charge is 0.355 e. The number of anilines is 2. The van der Waals surface area contributed by atoms with Crippen molar-refractivity contribution in [1.82, 2.24) is 9.97 Å². The fourth-order valence-corrected chi connectivity index (χ4v) is 3.38. The number of aromatic nitrogens is 2. The molecular weight excluding hydrogens is 395 g/mol. The Kier molecular flexibility index (Phi) is 4.99. The van der Waals surface area contributed by atoms with Crippen LogP contribution in [-0.4, -0.2) is 21.9 Å². The monoisotopic (exact) mass is 411 g/mol. The average Bonchev–Trinajstić information content (AvgIpc) is 2.68. The van der Waals surface area contributed by atoms with Gasteiger partial charge in [-0.25, -0.2) is 4.98 Å². The lowest BCUT2D eigenvalue weighted by Gasteiger charge is -2.12. The van der Waals surface area contributed by atoms with Crippen LogP contribution in [0.5, 0.6) is 0 Å². The van der Waals surface area contributed by atoms with Crippen LogP contribution in [0, 0.1) is 0 Å². The van der Waals surface area contributed by atoms with Gasteiger partial charge in [-0.2, -0.15) is 13.2 Å². The van der Waals surface area contributed by atoms with E-state index >= 15 is 0 Å². The Balaban J connectivity index is 1.63. The highest BCUT2D eigenvalue weighted by molar-refractivity contribution is 6.10. The second-order valence-electron chi connectivity index (χ2n) is 6.91. The number of nitrogens with one attached hydrogen (secondary N) is 2. The molecule has 0 radical (unpaired) electrons. The second kappa shape index (κ2) is 7.62. The van der Waals surface area contributed by atoms with Gasteiger partial charge in [-0.15, -0.1) is 0 Å². The maximum Gasteiger partial charge on any atom is 0.395 e. The number of hydrogen-bond donors (Lipinski definition) is 2. The van der Waals surface area contributed by atoms with Gasteiger partial charge >= 0.3 is 6.18 Å². The van der Waals surface area contributed by atoms with E-state index in [0.717, 1.165) is 10.8 Å². The first-order valence-electron chi connectivity index (χ1n) is 9.14. The molecule has 0 bridgehead atoms. The van der Waals surface area contributed by atoms with Crippen molar-refractivity contribution >= 4 is 39.0 Å². The summed E-state index contributed by atoms with van der Waals surface area (Å²) < 4.78 is 37.0. The molecule has 0 aliphatic rings. The molecule has 2 aromatic heterocycles. The number of hydrogen-bond acceptors (Lipinski definition) is 4. The van der Waals surface area contributed by atoms with Gasteiger partial charge in [0.25, 0.3) is 5.56 Å². The molecule has 30 heavy (non-hydrogen) atoms. The summed E-state index contributed by atoms with van der Waals surface area (Å²) in [7, 11) is 0. The maximum absolute atomic E-state index is 12.3. The summed E-state index contributed by atoms with van der Waals surface area (Å²) in [6.07, 6.45) is -4.63. The van der Waals surface area contributed by atoms with Crippen LogP contribution in [0.4, 0.5) is 24.5 Å². The average molecular weight is 411 g/mol. The quantitative estimate of drug-likeness (QED) is 0.459. The summed E-state index contributed by atoms with van der Waals surface area (Å²) in [5.74, 6) is -0.876. The summed E-state index contributed by atoms with van der Waals surface area (Å²) in [6, 6.07) is 15.6. The van der Waals surface area contributed by atoms with Crippen molar-refractivity contribution in [2.45, 2.75) is 19.0 Å². The van der Waals surface area contributed by atoms with Crippen LogP contribution in [-0.2, 0) is 11.2 Å². The summed E-state index contributed by atoms with van der Waals surface area (Å²) in [5.41, 5.74) is 2.12. The summed E-state index contributed by atoms with van der Waals surface area (Å²) in [4.78, 5) is 30.8. The minimum Gasteiger partial charge on any atom is -0.355 e. The van der Waals surface area contributed by atoms with Gasteiger partial charge in [0.2, 0.25) is 0 Å². The molecule has 4 rings (SSSR count). The minimum absolute atomic E-state index is 0.226. The van der Waals surface area contributed by atoms with Crippen molar-refractivity contribution < 1.29 is 18.0 Å². The van der Waals surface area contributed by atoms with E-state index < -0.39 is 18.4 Å². The van der Waals surface area contributed by atoms with E-state index in [1.807, 2.05) is 12.1 Å². The molecule has 0 atom stereocenters. The third-order valence-corrected chi connectivity index (χ3v) is 4.66. The number of fused-ring (bicyclic) bond motifs is 3. The van der Waals surface area contributed by atoms with E-state index in [2.05, 4.69) is 15.3 Å². The molecule has 5 nitrogen and oxygen atoms in total. The van der Waals surface area contributed by atoms with E-state index in [0.29, 0.717) is 28.0 Å². The van der Waals surface area contributed by atoms with Crippen molar-refractivity contribution in [2.24, 2.45) is 0 Å². The van der Waals surface area contributed by atoms with Crippen LogP contribution in [0.3, 0.4) is 0 Å². The largest absolute Gasteiger partial charge is 0.395 e. The molecule has 0 saturated heterocycles. The first kappa shape index (κ1) is 19.6. The van der Waals surface area contributed by atoms with Gasteiger partial charge in [0, 0.05) is 34.5 Å². The first-order chi connectivity index (χ1) is 14.3. The molecule has 2 aromatic carbocycles. The standard InChI is InChI=1S/C22H16F3N3O2/c23-22(24,25)12-15(29)11-13-5-7-14(8-6-13)27-18-9-10-26-20-19(18)16-3-1-2-4-17(16)21(30)28-20/h1-10H,11-12H2,(H2,26,27,28,30). The van der Waals surface area contributed by atoms with Crippen LogP contribution >= 0.6 is 0 Å². The van der Waals surface area contributed by atoms with E-state index in [1.54, 1.807) is 48.7 Å². The lowest BCUT2D eigenvalue weighted by Crippen LogP contribution is -2.16. The number of halogens is 3. The summed E-state index contributed by atoms with van der Waals surface area (Å²) in [5, 5.41) is 5.29. The molecular formula is C22H16F3N3O2. The summed E-state index contributed by atoms with van der Waals surface area (Å²) in [6.45, 7) is 0. The van der Waals surface area contributed by atoms with E-state index in [4.69, 9.17) is 0 Å². The fraction of sp³-hybridized carbons (Fsp3) is 0.136.